The van der Waals surface area contributed by atoms with Crippen molar-refractivity contribution in [3.63, 3.8) is 0 Å². The molecule has 0 amide bonds. The van der Waals surface area contributed by atoms with Gasteiger partial charge in [-0.15, -0.1) is 0 Å². The van der Waals surface area contributed by atoms with Crippen molar-refractivity contribution in [3.8, 4) is 0 Å². The van der Waals surface area contributed by atoms with E-state index in [9.17, 15) is 0 Å². The molecule has 1 aliphatic rings. The van der Waals surface area contributed by atoms with E-state index in [-0.39, 0.29) is 6.17 Å². The van der Waals surface area contributed by atoms with E-state index in [0.29, 0.717) is 6.04 Å². The van der Waals surface area contributed by atoms with Crippen LogP contribution in [0.1, 0.15) is 32.0 Å². The van der Waals surface area contributed by atoms with E-state index in [2.05, 4.69) is 63.4 Å². The van der Waals surface area contributed by atoms with Gasteiger partial charge in [-0.25, -0.2) is 0 Å². The molecule has 0 radical (unpaired) electrons. The summed E-state index contributed by atoms with van der Waals surface area (Å²) in [5.74, 6) is 0.962. The highest BCUT2D eigenvalue weighted by Gasteiger charge is 2.16. The van der Waals surface area contributed by atoms with Crippen LogP contribution < -0.4 is 21.3 Å². The van der Waals surface area contributed by atoms with Gasteiger partial charge in [0.25, 0.3) is 0 Å². The number of H-pyrrole nitrogens is 1. The summed E-state index contributed by atoms with van der Waals surface area (Å²) < 4.78 is 0. The monoisotopic (exact) mass is 379 g/mol. The van der Waals surface area contributed by atoms with Crippen LogP contribution in [0, 0.1) is 0 Å². The number of anilines is 3. The zero-order chi connectivity index (χ0) is 20.1. The van der Waals surface area contributed by atoms with Crippen molar-refractivity contribution in [1.29, 1.82) is 0 Å². The third-order valence-electron chi connectivity index (χ3n) is 4.73. The second kappa shape index (κ2) is 8.65. The van der Waals surface area contributed by atoms with Crippen molar-refractivity contribution in [2.75, 3.05) is 29.1 Å². The van der Waals surface area contributed by atoms with E-state index < -0.39 is 0 Å². The lowest BCUT2D eigenvalue weighted by Gasteiger charge is -2.26. The van der Waals surface area contributed by atoms with Gasteiger partial charge < -0.3 is 26.3 Å². The Labute approximate surface area is 166 Å². The van der Waals surface area contributed by atoms with E-state index >= 15 is 0 Å². The summed E-state index contributed by atoms with van der Waals surface area (Å²) >= 11 is 0. The number of fused-ring (bicyclic) bond motifs is 1. The fraction of sp³-hybridized carbons (Fsp3) is 0.333. The van der Waals surface area contributed by atoms with Crippen molar-refractivity contribution in [1.82, 2.24) is 9.97 Å². The number of allylic oxidation sites excluding steroid dienone is 1. The molecular weight excluding hydrogens is 350 g/mol. The van der Waals surface area contributed by atoms with Gasteiger partial charge in [0.1, 0.15) is 12.0 Å². The molecule has 3 heterocycles. The maximum absolute atomic E-state index is 5.72. The Balaban J connectivity index is 1.74. The fourth-order valence-corrected chi connectivity index (χ4v) is 3.37. The standard InChI is InChI=1S/C21H29N7/c1-5-28(14(2)3)17-9-21(25-13-17)27-20-7-6-18-19(26-20)8-15(12-24-18)16(10-22)11-23-4/h6-14,20,25-27H,5,22H2,1-4H3. The third kappa shape index (κ3) is 4.19. The quantitative estimate of drug-likeness (QED) is 0.552. The van der Waals surface area contributed by atoms with Crippen molar-refractivity contribution in [2.24, 2.45) is 10.7 Å². The Hall–Kier alpha value is -3.22. The van der Waals surface area contributed by atoms with Crippen LogP contribution in [0.5, 0.6) is 0 Å². The topological polar surface area (TPSA) is 94.4 Å². The predicted octanol–water partition coefficient (Wildman–Crippen LogP) is 3.52. The molecule has 0 saturated carbocycles. The zero-order valence-electron chi connectivity index (χ0n) is 16.9. The molecule has 1 unspecified atom stereocenters. The van der Waals surface area contributed by atoms with Crippen LogP contribution >= 0.6 is 0 Å². The van der Waals surface area contributed by atoms with Crippen molar-refractivity contribution >= 4 is 35.1 Å². The van der Waals surface area contributed by atoms with Crippen molar-refractivity contribution in [3.05, 3.63) is 48.1 Å². The van der Waals surface area contributed by atoms with E-state index in [0.717, 1.165) is 34.9 Å². The van der Waals surface area contributed by atoms with Gasteiger partial charge in [-0.2, -0.15) is 0 Å². The second-order valence-corrected chi connectivity index (χ2v) is 6.94. The van der Waals surface area contributed by atoms with E-state index in [1.165, 1.54) is 5.69 Å². The summed E-state index contributed by atoms with van der Waals surface area (Å²) in [6.45, 7) is 7.53. The molecule has 1 atom stereocenters. The number of aliphatic imine (C=N–C) groups is 1. The molecule has 148 valence electrons. The van der Waals surface area contributed by atoms with Crippen molar-refractivity contribution in [2.45, 2.75) is 33.0 Å². The lowest BCUT2D eigenvalue weighted by Crippen LogP contribution is -2.30. The number of hydrogen-bond acceptors (Lipinski definition) is 6. The molecule has 2 aromatic rings. The number of aromatic nitrogens is 2. The van der Waals surface area contributed by atoms with Crippen LogP contribution in [-0.4, -0.2) is 42.0 Å². The number of nitrogens with zero attached hydrogens (tertiary/aromatic N) is 3. The number of nitrogens with two attached hydrogens (primary N) is 1. The molecule has 0 aliphatic carbocycles. The second-order valence-electron chi connectivity index (χ2n) is 6.94. The largest absolute Gasteiger partial charge is 0.404 e. The minimum Gasteiger partial charge on any atom is -0.404 e. The summed E-state index contributed by atoms with van der Waals surface area (Å²) in [5.41, 5.74) is 10.5. The van der Waals surface area contributed by atoms with Crippen LogP contribution in [-0.2, 0) is 0 Å². The highest BCUT2D eigenvalue weighted by atomic mass is 15.2. The van der Waals surface area contributed by atoms with Crippen molar-refractivity contribution < 1.29 is 0 Å². The van der Waals surface area contributed by atoms with E-state index in [4.69, 9.17) is 5.73 Å². The average Bonchev–Trinajstić information content (AvgIpc) is 3.13. The minimum absolute atomic E-state index is 0.0460. The lowest BCUT2D eigenvalue weighted by atomic mass is 10.1. The van der Waals surface area contributed by atoms with Gasteiger partial charge in [0.05, 0.1) is 17.1 Å². The van der Waals surface area contributed by atoms with Crippen LogP contribution in [0.15, 0.2) is 41.8 Å². The van der Waals surface area contributed by atoms with Gasteiger partial charge in [0.2, 0.25) is 0 Å². The normalized spacial score (nSPS) is 16.3. The van der Waals surface area contributed by atoms with Gasteiger partial charge >= 0.3 is 0 Å². The molecule has 3 rings (SSSR count). The first kappa shape index (κ1) is 19.5. The molecule has 0 spiro atoms. The van der Waals surface area contributed by atoms with Crippen LogP contribution in [0.2, 0.25) is 0 Å². The first-order chi connectivity index (χ1) is 13.5. The molecule has 7 nitrogen and oxygen atoms in total. The third-order valence-corrected chi connectivity index (χ3v) is 4.73. The van der Waals surface area contributed by atoms with Gasteiger partial charge in [0.15, 0.2) is 0 Å². The van der Waals surface area contributed by atoms with E-state index in [1.54, 1.807) is 19.5 Å². The first-order valence-electron chi connectivity index (χ1n) is 9.56. The zero-order valence-corrected chi connectivity index (χ0v) is 16.9. The summed E-state index contributed by atoms with van der Waals surface area (Å²) in [5, 5.41) is 6.95. The van der Waals surface area contributed by atoms with Gasteiger partial charge in [0, 0.05) is 61.6 Å². The summed E-state index contributed by atoms with van der Waals surface area (Å²) in [6.07, 6.45) is 11.1. The summed E-state index contributed by atoms with van der Waals surface area (Å²) in [7, 11) is 1.72. The molecular formula is C21H29N7. The van der Waals surface area contributed by atoms with Crippen LogP contribution in [0.25, 0.3) is 11.6 Å². The van der Waals surface area contributed by atoms with E-state index in [1.807, 2.05) is 24.5 Å². The smallest absolute Gasteiger partial charge is 0.117 e. The fourth-order valence-electron chi connectivity index (χ4n) is 3.37. The number of rotatable bonds is 7. The highest BCUT2D eigenvalue weighted by Crippen LogP contribution is 2.26. The number of nitrogens with one attached hydrogen (secondary N) is 3. The first-order valence-corrected chi connectivity index (χ1v) is 9.56. The Bertz CT molecular complexity index is 892. The maximum atomic E-state index is 5.72. The molecule has 1 aliphatic heterocycles. The molecule has 5 N–H and O–H groups in total. The van der Waals surface area contributed by atoms with Gasteiger partial charge in [-0.1, -0.05) is 0 Å². The molecule has 2 aromatic heterocycles. The minimum atomic E-state index is -0.0460. The molecule has 0 aromatic carbocycles. The number of hydrogen-bond donors (Lipinski definition) is 4. The summed E-state index contributed by atoms with van der Waals surface area (Å²) in [6, 6.07) is 4.63. The Morgan fingerprint density at radius 1 is 1.43 bits per heavy atom. The van der Waals surface area contributed by atoms with Gasteiger partial charge in [-0.05, 0) is 39.0 Å². The average molecular weight is 380 g/mol. The summed E-state index contributed by atoms with van der Waals surface area (Å²) in [4.78, 5) is 14.2. The van der Waals surface area contributed by atoms with Crippen LogP contribution in [0.3, 0.4) is 0 Å². The molecule has 0 bridgehead atoms. The molecule has 28 heavy (non-hydrogen) atoms. The Morgan fingerprint density at radius 2 is 2.25 bits per heavy atom. The van der Waals surface area contributed by atoms with Gasteiger partial charge in [-0.3, -0.25) is 9.98 Å². The lowest BCUT2D eigenvalue weighted by molar-refractivity contribution is 0.704. The number of pyridine rings is 1. The molecule has 0 saturated heterocycles. The highest BCUT2D eigenvalue weighted by molar-refractivity contribution is 6.09. The molecule has 7 heteroatoms. The predicted molar refractivity (Wildman–Crippen MR) is 120 cm³/mol. The molecule has 0 fully saturated rings. The Morgan fingerprint density at radius 3 is 2.93 bits per heavy atom. The maximum Gasteiger partial charge on any atom is 0.117 e. The Kier molecular flexibility index (Phi) is 6.03. The SMILES string of the molecule is CCN(c1c[nH]c(NC2C=Cc3ncc(C(C=NC)=CN)cc3N2)c1)C(C)C. The van der Waals surface area contributed by atoms with Crippen LogP contribution in [0.4, 0.5) is 17.2 Å². The number of aromatic amines is 1.